The summed E-state index contributed by atoms with van der Waals surface area (Å²) in [7, 11) is 1.78. The highest BCUT2D eigenvalue weighted by atomic mass is 35.5. The third-order valence-corrected chi connectivity index (χ3v) is 3.90. The summed E-state index contributed by atoms with van der Waals surface area (Å²) in [5, 5.41) is 0.581. The van der Waals surface area contributed by atoms with Gasteiger partial charge in [-0.15, -0.1) is 0 Å². The number of nitrogens with zero attached hydrogens (tertiary/aromatic N) is 1. The average molecular weight is 297 g/mol. The van der Waals surface area contributed by atoms with Crippen LogP contribution >= 0.6 is 11.6 Å². The van der Waals surface area contributed by atoms with E-state index >= 15 is 0 Å². The standard InChI is InChI=1S/C15H21ClN2O2/c1-18(15(19)10-13(17)11-6-7-11)8-9-20-14-5-3-2-4-12(14)16/h2-5,11,13H,6-10,17H2,1H3. The van der Waals surface area contributed by atoms with Gasteiger partial charge in [-0.1, -0.05) is 23.7 Å². The molecular weight excluding hydrogens is 276 g/mol. The van der Waals surface area contributed by atoms with Crippen LogP contribution < -0.4 is 10.5 Å². The highest BCUT2D eigenvalue weighted by Gasteiger charge is 2.30. The number of likely N-dealkylation sites (N-methyl/N-ethyl adjacent to an activating group) is 1. The van der Waals surface area contributed by atoms with Crippen LogP contribution in [0.25, 0.3) is 0 Å². The Labute approximate surface area is 124 Å². The first-order chi connectivity index (χ1) is 9.58. The molecule has 5 heteroatoms. The lowest BCUT2D eigenvalue weighted by Crippen LogP contribution is -2.36. The maximum atomic E-state index is 12.0. The number of halogens is 1. The van der Waals surface area contributed by atoms with E-state index in [1.165, 1.54) is 0 Å². The number of nitrogens with two attached hydrogens (primary N) is 1. The maximum Gasteiger partial charge on any atom is 0.223 e. The lowest BCUT2D eigenvalue weighted by Gasteiger charge is -2.19. The van der Waals surface area contributed by atoms with Crippen LogP contribution in [0.2, 0.25) is 5.02 Å². The molecule has 0 heterocycles. The van der Waals surface area contributed by atoms with E-state index in [9.17, 15) is 4.79 Å². The molecule has 1 amide bonds. The molecule has 1 aromatic rings. The number of carbonyl (C=O) groups is 1. The molecule has 0 saturated heterocycles. The summed E-state index contributed by atoms with van der Waals surface area (Å²) < 4.78 is 5.57. The van der Waals surface area contributed by atoms with Crippen LogP contribution in [0.5, 0.6) is 5.75 Å². The summed E-state index contributed by atoms with van der Waals surface area (Å²) >= 11 is 5.99. The summed E-state index contributed by atoms with van der Waals surface area (Å²) in [6.07, 6.45) is 2.74. The summed E-state index contributed by atoms with van der Waals surface area (Å²) in [5.41, 5.74) is 5.96. The van der Waals surface area contributed by atoms with E-state index in [1.807, 2.05) is 18.2 Å². The zero-order valence-electron chi connectivity index (χ0n) is 11.7. The van der Waals surface area contributed by atoms with Gasteiger partial charge < -0.3 is 15.4 Å². The van der Waals surface area contributed by atoms with Crippen molar-refractivity contribution in [3.8, 4) is 5.75 Å². The third kappa shape index (κ3) is 4.39. The lowest BCUT2D eigenvalue weighted by molar-refractivity contribution is -0.130. The van der Waals surface area contributed by atoms with Crippen molar-refractivity contribution in [1.29, 1.82) is 0 Å². The van der Waals surface area contributed by atoms with Gasteiger partial charge >= 0.3 is 0 Å². The normalized spacial score (nSPS) is 15.8. The van der Waals surface area contributed by atoms with E-state index in [2.05, 4.69) is 0 Å². The summed E-state index contributed by atoms with van der Waals surface area (Å²) in [5.74, 6) is 1.27. The van der Waals surface area contributed by atoms with Crippen LogP contribution in [0.1, 0.15) is 19.3 Å². The highest BCUT2D eigenvalue weighted by molar-refractivity contribution is 6.32. The molecule has 0 radical (unpaired) electrons. The number of para-hydroxylation sites is 1. The lowest BCUT2D eigenvalue weighted by atomic mass is 10.1. The van der Waals surface area contributed by atoms with E-state index in [-0.39, 0.29) is 11.9 Å². The first-order valence-corrected chi connectivity index (χ1v) is 7.32. The van der Waals surface area contributed by atoms with Crippen molar-refractivity contribution in [2.24, 2.45) is 11.7 Å². The van der Waals surface area contributed by atoms with Gasteiger partial charge in [0.1, 0.15) is 12.4 Å². The second-order valence-corrected chi connectivity index (χ2v) is 5.71. The maximum absolute atomic E-state index is 12.0. The van der Waals surface area contributed by atoms with Gasteiger partial charge in [0, 0.05) is 19.5 Å². The molecule has 1 aromatic carbocycles. The smallest absolute Gasteiger partial charge is 0.223 e. The Kier molecular flexibility index (Phi) is 5.26. The molecule has 0 spiro atoms. The van der Waals surface area contributed by atoms with Crippen LogP contribution in [0, 0.1) is 5.92 Å². The Balaban J connectivity index is 1.70. The fourth-order valence-electron chi connectivity index (χ4n) is 2.03. The van der Waals surface area contributed by atoms with Gasteiger partial charge in [0.05, 0.1) is 11.6 Å². The molecule has 4 nitrogen and oxygen atoms in total. The van der Waals surface area contributed by atoms with Gasteiger partial charge in [-0.3, -0.25) is 4.79 Å². The zero-order valence-corrected chi connectivity index (χ0v) is 12.5. The van der Waals surface area contributed by atoms with Gasteiger partial charge in [0.15, 0.2) is 0 Å². The van der Waals surface area contributed by atoms with Crippen LogP contribution in [-0.4, -0.2) is 37.0 Å². The Bertz CT molecular complexity index is 463. The number of hydrogen-bond acceptors (Lipinski definition) is 3. The molecule has 1 aliphatic carbocycles. The van der Waals surface area contributed by atoms with Gasteiger partial charge in [0.2, 0.25) is 5.91 Å². The molecule has 20 heavy (non-hydrogen) atoms. The fraction of sp³-hybridized carbons (Fsp3) is 0.533. The van der Waals surface area contributed by atoms with Gasteiger partial charge in [-0.2, -0.15) is 0 Å². The molecule has 0 aliphatic heterocycles. The van der Waals surface area contributed by atoms with E-state index < -0.39 is 0 Å². The number of benzene rings is 1. The van der Waals surface area contributed by atoms with E-state index in [1.54, 1.807) is 18.0 Å². The van der Waals surface area contributed by atoms with Crippen LogP contribution in [0.3, 0.4) is 0 Å². The van der Waals surface area contributed by atoms with Crippen LogP contribution in [0.4, 0.5) is 0 Å². The summed E-state index contributed by atoms with van der Waals surface area (Å²) in [4.78, 5) is 13.6. The minimum absolute atomic E-state index is 0.00874. The Morgan fingerprint density at radius 1 is 1.50 bits per heavy atom. The summed E-state index contributed by atoms with van der Waals surface area (Å²) in [6, 6.07) is 7.32. The molecule has 0 bridgehead atoms. The number of carbonyl (C=O) groups excluding carboxylic acids is 1. The molecule has 1 saturated carbocycles. The minimum atomic E-state index is 0.00874. The second-order valence-electron chi connectivity index (χ2n) is 5.30. The van der Waals surface area contributed by atoms with Gasteiger partial charge in [0.25, 0.3) is 0 Å². The van der Waals surface area contributed by atoms with Gasteiger partial charge in [-0.25, -0.2) is 0 Å². The minimum Gasteiger partial charge on any atom is -0.490 e. The number of rotatable bonds is 7. The molecule has 1 fully saturated rings. The Morgan fingerprint density at radius 3 is 2.85 bits per heavy atom. The van der Waals surface area contributed by atoms with Crippen molar-refractivity contribution >= 4 is 17.5 Å². The Hall–Kier alpha value is -1.26. The van der Waals surface area contributed by atoms with Gasteiger partial charge in [-0.05, 0) is 30.9 Å². The average Bonchev–Trinajstić information content (AvgIpc) is 3.25. The molecule has 1 atom stereocenters. The van der Waals surface area contributed by atoms with Crippen molar-refractivity contribution < 1.29 is 9.53 Å². The monoisotopic (exact) mass is 296 g/mol. The molecule has 1 unspecified atom stereocenters. The SMILES string of the molecule is CN(CCOc1ccccc1Cl)C(=O)CC(N)C1CC1. The predicted octanol–water partition coefficient (Wildman–Crippen LogP) is 2.30. The molecule has 0 aromatic heterocycles. The molecule has 1 aliphatic rings. The predicted molar refractivity (Wildman–Crippen MR) is 79.9 cm³/mol. The van der Waals surface area contributed by atoms with E-state index in [0.717, 1.165) is 12.8 Å². The van der Waals surface area contributed by atoms with Crippen molar-refractivity contribution in [3.63, 3.8) is 0 Å². The molecular formula is C15H21ClN2O2. The quantitative estimate of drug-likeness (QED) is 0.840. The number of amides is 1. The highest BCUT2D eigenvalue weighted by Crippen LogP contribution is 2.32. The first kappa shape index (κ1) is 15.1. The van der Waals surface area contributed by atoms with Crippen molar-refractivity contribution in [1.82, 2.24) is 4.90 Å². The molecule has 2 rings (SSSR count). The van der Waals surface area contributed by atoms with Crippen LogP contribution in [-0.2, 0) is 4.79 Å². The number of hydrogen-bond donors (Lipinski definition) is 1. The molecule has 110 valence electrons. The summed E-state index contributed by atoms with van der Waals surface area (Å²) in [6.45, 7) is 0.950. The first-order valence-electron chi connectivity index (χ1n) is 6.95. The number of ether oxygens (including phenoxy) is 1. The Morgan fingerprint density at radius 2 is 2.20 bits per heavy atom. The van der Waals surface area contributed by atoms with Crippen LogP contribution in [0.15, 0.2) is 24.3 Å². The molecule has 2 N–H and O–H groups in total. The second kappa shape index (κ2) is 6.95. The van der Waals surface area contributed by atoms with E-state index in [0.29, 0.717) is 36.3 Å². The largest absolute Gasteiger partial charge is 0.490 e. The van der Waals surface area contributed by atoms with Crippen molar-refractivity contribution in [3.05, 3.63) is 29.3 Å². The fourth-order valence-corrected chi connectivity index (χ4v) is 2.22. The zero-order chi connectivity index (χ0) is 14.5. The third-order valence-electron chi connectivity index (χ3n) is 3.58. The van der Waals surface area contributed by atoms with Crippen molar-refractivity contribution in [2.75, 3.05) is 20.2 Å². The van der Waals surface area contributed by atoms with Crippen molar-refractivity contribution in [2.45, 2.75) is 25.3 Å². The topological polar surface area (TPSA) is 55.6 Å². The van der Waals surface area contributed by atoms with E-state index in [4.69, 9.17) is 22.1 Å².